The number of rotatable bonds is 6. The number of benzene rings is 2. The zero-order chi connectivity index (χ0) is 24.4. The third-order valence-corrected chi connectivity index (χ3v) is 6.55. The van der Waals surface area contributed by atoms with Crippen LogP contribution < -0.4 is 29.1 Å². The quantitative estimate of drug-likeness (QED) is 0.504. The van der Waals surface area contributed by atoms with E-state index in [1.165, 1.54) is 30.1 Å². The minimum atomic E-state index is -0.735. The number of hydrogen-bond acceptors (Lipinski definition) is 8. The first-order chi connectivity index (χ1) is 16.4. The largest absolute Gasteiger partial charge is 0.497 e. The maximum absolute atomic E-state index is 13.6. The van der Waals surface area contributed by atoms with E-state index < -0.39 is 12.0 Å². The van der Waals surface area contributed by atoms with Crippen molar-refractivity contribution in [3.63, 3.8) is 0 Å². The Kier molecular flexibility index (Phi) is 6.56. The normalized spacial score (nSPS) is 15.4. The fourth-order valence-corrected chi connectivity index (χ4v) is 4.93. The van der Waals surface area contributed by atoms with Gasteiger partial charge >= 0.3 is 5.97 Å². The number of carbonyl (C=O) groups is 1. The van der Waals surface area contributed by atoms with E-state index in [0.29, 0.717) is 32.1 Å². The van der Waals surface area contributed by atoms with E-state index in [9.17, 15) is 9.59 Å². The van der Waals surface area contributed by atoms with Gasteiger partial charge in [0.1, 0.15) is 5.75 Å². The summed E-state index contributed by atoms with van der Waals surface area (Å²) < 4.78 is 23.1. The van der Waals surface area contributed by atoms with E-state index in [-0.39, 0.29) is 11.1 Å². The Morgan fingerprint density at radius 3 is 2.32 bits per heavy atom. The summed E-state index contributed by atoms with van der Waals surface area (Å²) in [5.41, 5.74) is 2.04. The first kappa shape index (κ1) is 23.3. The number of fused-ring (bicyclic) bond motifs is 1. The van der Waals surface area contributed by atoms with Crippen molar-refractivity contribution in [2.24, 2.45) is 4.99 Å². The number of aromatic nitrogens is 1. The highest BCUT2D eigenvalue weighted by atomic mass is 32.1. The van der Waals surface area contributed by atoms with Gasteiger partial charge in [-0.15, -0.1) is 0 Å². The second-order valence-electron chi connectivity index (χ2n) is 7.46. The van der Waals surface area contributed by atoms with Crippen LogP contribution in [0, 0.1) is 0 Å². The van der Waals surface area contributed by atoms with Crippen molar-refractivity contribution >= 4 is 23.4 Å². The molecule has 0 amide bonds. The molecule has 8 nitrogen and oxygen atoms in total. The highest BCUT2D eigenvalue weighted by Crippen LogP contribution is 2.35. The van der Waals surface area contributed by atoms with Crippen molar-refractivity contribution in [3.05, 3.63) is 84.5 Å². The predicted molar refractivity (Wildman–Crippen MR) is 128 cm³/mol. The molecule has 176 valence electrons. The second kappa shape index (κ2) is 9.56. The van der Waals surface area contributed by atoms with Gasteiger partial charge < -0.3 is 18.9 Å². The molecule has 2 aromatic carbocycles. The monoisotopic (exact) mass is 480 g/mol. The van der Waals surface area contributed by atoms with Gasteiger partial charge in [0.15, 0.2) is 16.3 Å². The molecule has 3 aromatic rings. The topological polar surface area (TPSA) is 88.4 Å². The van der Waals surface area contributed by atoms with Gasteiger partial charge in [0.05, 0.1) is 50.3 Å². The molecule has 0 unspecified atom stereocenters. The first-order valence-corrected chi connectivity index (χ1v) is 11.2. The molecule has 1 aromatic heterocycles. The van der Waals surface area contributed by atoms with Crippen molar-refractivity contribution in [1.82, 2.24) is 4.57 Å². The Balaban J connectivity index is 1.95. The number of nitrogens with zero attached hydrogens (tertiary/aromatic N) is 2. The maximum Gasteiger partial charge on any atom is 0.338 e. The summed E-state index contributed by atoms with van der Waals surface area (Å²) >= 11 is 1.26. The number of thiazole rings is 1. The zero-order valence-corrected chi connectivity index (χ0v) is 20.3. The minimum absolute atomic E-state index is 0.256. The highest BCUT2D eigenvalue weighted by molar-refractivity contribution is 7.07. The Bertz CT molecular complexity index is 1450. The molecule has 0 radical (unpaired) electrons. The molecular formula is C25H24N2O6S. The fraction of sp³-hybridized carbons (Fsp3) is 0.240. The molecule has 0 spiro atoms. The van der Waals surface area contributed by atoms with Crippen molar-refractivity contribution in [2.45, 2.75) is 13.0 Å². The van der Waals surface area contributed by atoms with Gasteiger partial charge in [0, 0.05) is 0 Å². The first-order valence-electron chi connectivity index (χ1n) is 10.4. The minimum Gasteiger partial charge on any atom is -0.497 e. The van der Waals surface area contributed by atoms with Crippen LogP contribution >= 0.6 is 11.3 Å². The third-order valence-electron chi connectivity index (χ3n) is 5.56. The summed E-state index contributed by atoms with van der Waals surface area (Å²) in [4.78, 5) is 31.4. The summed E-state index contributed by atoms with van der Waals surface area (Å²) in [7, 11) is 5.99. The molecule has 0 saturated carbocycles. The van der Waals surface area contributed by atoms with Gasteiger partial charge in [-0.05, 0) is 48.4 Å². The Labute approximate surface area is 200 Å². The fourth-order valence-electron chi connectivity index (χ4n) is 3.88. The molecule has 0 bridgehead atoms. The number of hydrogen-bond donors (Lipinski definition) is 0. The molecule has 0 N–H and O–H groups in total. The van der Waals surface area contributed by atoms with Crippen LogP contribution in [0.25, 0.3) is 6.08 Å². The Morgan fingerprint density at radius 2 is 1.71 bits per heavy atom. The second-order valence-corrected chi connectivity index (χ2v) is 8.47. The lowest BCUT2D eigenvalue weighted by Gasteiger charge is -2.25. The Hall–Kier alpha value is -3.85. The van der Waals surface area contributed by atoms with E-state index in [4.69, 9.17) is 18.9 Å². The van der Waals surface area contributed by atoms with Gasteiger partial charge in [-0.1, -0.05) is 29.5 Å². The summed E-state index contributed by atoms with van der Waals surface area (Å²) in [6.07, 6.45) is 1.80. The smallest absolute Gasteiger partial charge is 0.338 e. The van der Waals surface area contributed by atoms with Crippen LogP contribution in [-0.4, -0.2) is 39.0 Å². The molecule has 0 saturated heterocycles. The van der Waals surface area contributed by atoms with Crippen LogP contribution in [-0.2, 0) is 9.53 Å². The average molecular weight is 481 g/mol. The molecule has 1 atom stereocenters. The van der Waals surface area contributed by atoms with Gasteiger partial charge in [0.2, 0.25) is 0 Å². The molecular weight excluding hydrogens is 456 g/mol. The average Bonchev–Trinajstić information content (AvgIpc) is 3.16. The summed E-state index contributed by atoms with van der Waals surface area (Å²) in [5, 5.41) is 0. The van der Waals surface area contributed by atoms with Crippen LogP contribution in [0.4, 0.5) is 0 Å². The van der Waals surface area contributed by atoms with Crippen LogP contribution in [0.15, 0.2) is 63.5 Å². The van der Waals surface area contributed by atoms with Crippen molar-refractivity contribution in [3.8, 4) is 17.2 Å². The zero-order valence-electron chi connectivity index (χ0n) is 19.4. The number of allylic oxidation sites excluding steroid dienone is 1. The van der Waals surface area contributed by atoms with Gasteiger partial charge in [-0.2, -0.15) is 0 Å². The number of ether oxygens (including phenoxy) is 4. The summed E-state index contributed by atoms with van der Waals surface area (Å²) in [6, 6.07) is 12.0. The predicted octanol–water partition coefficient (Wildman–Crippen LogP) is 2.43. The maximum atomic E-state index is 13.6. The van der Waals surface area contributed by atoms with E-state index in [1.54, 1.807) is 45.4 Å². The van der Waals surface area contributed by atoms with Gasteiger partial charge in [0.25, 0.3) is 5.56 Å². The lowest BCUT2D eigenvalue weighted by Crippen LogP contribution is -2.39. The number of carbonyl (C=O) groups excluding carboxylic acids is 1. The SMILES string of the molecule is COC(=O)C1=C(C)N=c2s/c(=C\c3ccc(OC)cc3)c(=O)n2[C@@H]1c1ccc(OC)c(OC)c1. The van der Waals surface area contributed by atoms with E-state index in [0.717, 1.165) is 11.3 Å². The lowest BCUT2D eigenvalue weighted by molar-refractivity contribution is -0.136. The van der Waals surface area contributed by atoms with Crippen molar-refractivity contribution < 1.29 is 23.7 Å². The molecule has 9 heteroatoms. The van der Waals surface area contributed by atoms with Crippen LogP contribution in [0.1, 0.15) is 24.1 Å². The van der Waals surface area contributed by atoms with Crippen molar-refractivity contribution in [1.29, 1.82) is 0 Å². The third kappa shape index (κ3) is 4.10. The van der Waals surface area contributed by atoms with Crippen LogP contribution in [0.5, 0.6) is 17.2 Å². The van der Waals surface area contributed by atoms with Gasteiger partial charge in [-0.3, -0.25) is 9.36 Å². The standard InChI is InChI=1S/C25H24N2O6S/c1-14-21(24(29)33-5)22(16-8-11-18(31-3)19(13-16)32-4)27-23(28)20(34-25(27)26-14)12-15-6-9-17(30-2)10-7-15/h6-13,22H,1-5H3/b20-12-/t22-/m1/s1. The van der Waals surface area contributed by atoms with E-state index >= 15 is 0 Å². The van der Waals surface area contributed by atoms with Crippen molar-refractivity contribution in [2.75, 3.05) is 28.4 Å². The van der Waals surface area contributed by atoms with Crippen LogP contribution in [0.2, 0.25) is 0 Å². The van der Waals surface area contributed by atoms with Crippen LogP contribution in [0.3, 0.4) is 0 Å². The molecule has 2 heterocycles. The highest BCUT2D eigenvalue weighted by Gasteiger charge is 2.33. The number of methoxy groups -OCH3 is 4. The molecule has 1 aliphatic heterocycles. The molecule has 34 heavy (non-hydrogen) atoms. The number of esters is 1. The molecule has 4 rings (SSSR count). The van der Waals surface area contributed by atoms with Gasteiger partial charge in [-0.25, -0.2) is 9.79 Å². The summed E-state index contributed by atoms with van der Waals surface area (Å²) in [6.45, 7) is 1.74. The van der Waals surface area contributed by atoms with E-state index in [1.807, 2.05) is 24.3 Å². The van der Waals surface area contributed by atoms with E-state index in [2.05, 4.69) is 4.99 Å². The molecule has 1 aliphatic rings. The Morgan fingerprint density at radius 1 is 1.00 bits per heavy atom. The lowest BCUT2D eigenvalue weighted by atomic mass is 9.95. The summed E-state index contributed by atoms with van der Waals surface area (Å²) in [5.74, 6) is 1.20. The molecule has 0 aliphatic carbocycles. The molecule has 0 fully saturated rings.